The second kappa shape index (κ2) is 11.8. The van der Waals surface area contributed by atoms with E-state index < -0.39 is 0 Å². The Morgan fingerprint density at radius 3 is 1.85 bits per heavy atom. The van der Waals surface area contributed by atoms with Crippen molar-refractivity contribution in [2.24, 2.45) is 0 Å². The average Bonchev–Trinajstić information content (AvgIpc) is 3.77. The van der Waals surface area contributed by atoms with Crippen molar-refractivity contribution in [1.29, 1.82) is 0 Å². The fraction of sp³-hybridized carbons (Fsp3) is 0. The van der Waals surface area contributed by atoms with Crippen LogP contribution in [-0.4, -0.2) is 24.5 Å². The summed E-state index contributed by atoms with van der Waals surface area (Å²) in [5, 5.41) is 2.38. The van der Waals surface area contributed by atoms with E-state index in [-0.39, 0.29) is 0 Å². The fourth-order valence-electron chi connectivity index (χ4n) is 7.62. The molecule has 7 heteroatoms. The maximum Gasteiger partial charge on any atom is 0.220 e. The number of hydrogen-bond donors (Lipinski definition) is 0. The van der Waals surface area contributed by atoms with Gasteiger partial charge < -0.3 is 0 Å². The maximum absolute atomic E-state index is 5.24. The minimum atomic E-state index is 0.618. The molecule has 0 bridgehead atoms. The molecule has 0 saturated carbocycles. The van der Waals surface area contributed by atoms with Crippen molar-refractivity contribution in [2.45, 2.75) is 0 Å². The van der Waals surface area contributed by atoms with E-state index >= 15 is 0 Å². The lowest BCUT2D eigenvalue weighted by atomic mass is 10.0. The van der Waals surface area contributed by atoms with Gasteiger partial charge in [0.1, 0.15) is 0 Å². The molecule has 0 radical (unpaired) electrons. The normalized spacial score (nSPS) is 12.1. The highest BCUT2D eigenvalue weighted by Crippen LogP contribution is 2.47. The lowest BCUT2D eigenvalue weighted by molar-refractivity contribution is 1.05. The van der Waals surface area contributed by atoms with Gasteiger partial charge >= 0.3 is 0 Å². The van der Waals surface area contributed by atoms with Crippen LogP contribution < -0.4 is 4.90 Å². The molecular formula is C46H28N6S. The first kappa shape index (κ1) is 29.7. The molecule has 1 aliphatic rings. The van der Waals surface area contributed by atoms with Crippen LogP contribution in [0.4, 0.5) is 17.3 Å². The van der Waals surface area contributed by atoms with E-state index in [2.05, 4.69) is 143 Å². The molecule has 0 unspecified atom stereocenters. The molecule has 4 heterocycles. The molecule has 0 spiro atoms. The number of fused-ring (bicyclic) bond motifs is 10. The van der Waals surface area contributed by atoms with Crippen LogP contribution in [0.2, 0.25) is 0 Å². The monoisotopic (exact) mass is 696 g/mol. The Balaban J connectivity index is 1.09. The fourth-order valence-corrected chi connectivity index (χ4v) is 8.75. The minimum Gasteiger partial charge on any atom is -0.280 e. The number of hydrogen-bond acceptors (Lipinski definition) is 6. The summed E-state index contributed by atoms with van der Waals surface area (Å²) in [5.74, 6) is 2.74. The van der Waals surface area contributed by atoms with Crippen LogP contribution in [0.3, 0.4) is 0 Å². The third-order valence-corrected chi connectivity index (χ3v) is 11.2. The summed E-state index contributed by atoms with van der Waals surface area (Å²) in [7, 11) is 0. The molecule has 0 aliphatic carbocycles. The van der Waals surface area contributed by atoms with E-state index in [0.717, 1.165) is 61.9 Å². The summed E-state index contributed by atoms with van der Waals surface area (Å²) in [5.41, 5.74) is 10.3. The van der Waals surface area contributed by atoms with Crippen molar-refractivity contribution in [3.8, 4) is 51.0 Å². The van der Waals surface area contributed by atoms with Crippen LogP contribution >= 0.6 is 11.3 Å². The zero-order valence-electron chi connectivity index (χ0n) is 28.3. The lowest BCUT2D eigenvalue weighted by Gasteiger charge is -2.24. The van der Waals surface area contributed by atoms with Gasteiger partial charge in [0.25, 0.3) is 0 Å². The van der Waals surface area contributed by atoms with Crippen LogP contribution in [0.1, 0.15) is 0 Å². The topological polar surface area (TPSA) is 59.7 Å². The Morgan fingerprint density at radius 2 is 1.02 bits per heavy atom. The summed E-state index contributed by atoms with van der Waals surface area (Å²) in [4.78, 5) is 22.8. The quantitative estimate of drug-likeness (QED) is 0.183. The predicted molar refractivity (Wildman–Crippen MR) is 217 cm³/mol. The summed E-state index contributed by atoms with van der Waals surface area (Å²) >= 11 is 1.79. The molecule has 248 valence electrons. The van der Waals surface area contributed by atoms with Gasteiger partial charge in [0.15, 0.2) is 17.5 Å². The molecule has 0 fully saturated rings. The number of benzene rings is 7. The number of imidazole rings is 1. The van der Waals surface area contributed by atoms with Crippen molar-refractivity contribution in [3.63, 3.8) is 0 Å². The largest absolute Gasteiger partial charge is 0.280 e. The number of anilines is 3. The molecule has 0 saturated heterocycles. The van der Waals surface area contributed by atoms with Gasteiger partial charge in [-0.15, -0.1) is 11.3 Å². The first-order chi connectivity index (χ1) is 26.3. The Morgan fingerprint density at radius 1 is 0.415 bits per heavy atom. The van der Waals surface area contributed by atoms with Crippen LogP contribution in [0.15, 0.2) is 170 Å². The zero-order chi connectivity index (χ0) is 34.9. The number of thiophene rings is 1. The van der Waals surface area contributed by atoms with Crippen LogP contribution in [0.5, 0.6) is 0 Å². The SMILES string of the molecule is c1ccc(-c2nc(-c3ccc(N4c5ccccc5-c5ccccc5-n5c4nc4ccccc45)cc3)nc(-c3cccc4sc5ccccc5c34)n2)cc1. The number of nitrogens with zero attached hydrogens (tertiary/aromatic N) is 6. The third kappa shape index (κ3) is 4.71. The smallest absolute Gasteiger partial charge is 0.220 e. The van der Waals surface area contributed by atoms with Gasteiger partial charge in [-0.1, -0.05) is 109 Å². The van der Waals surface area contributed by atoms with E-state index in [1.165, 1.54) is 20.2 Å². The van der Waals surface area contributed by atoms with Crippen molar-refractivity contribution in [2.75, 3.05) is 4.90 Å². The third-order valence-electron chi connectivity index (χ3n) is 10.0. The van der Waals surface area contributed by atoms with Gasteiger partial charge in [-0.25, -0.2) is 19.9 Å². The van der Waals surface area contributed by atoms with Crippen molar-refractivity contribution in [3.05, 3.63) is 170 Å². The second-order valence-corrected chi connectivity index (χ2v) is 14.2. The minimum absolute atomic E-state index is 0.618. The van der Waals surface area contributed by atoms with E-state index in [1.807, 2.05) is 36.4 Å². The summed E-state index contributed by atoms with van der Waals surface area (Å²) in [6.45, 7) is 0. The molecule has 0 N–H and O–H groups in total. The predicted octanol–water partition coefficient (Wildman–Crippen LogP) is 12.0. The molecule has 0 amide bonds. The van der Waals surface area contributed by atoms with Crippen LogP contribution in [-0.2, 0) is 0 Å². The maximum atomic E-state index is 5.24. The molecule has 0 atom stereocenters. The van der Waals surface area contributed by atoms with E-state index in [9.17, 15) is 0 Å². The second-order valence-electron chi connectivity index (χ2n) is 13.1. The molecule has 11 rings (SSSR count). The van der Waals surface area contributed by atoms with Crippen molar-refractivity contribution < 1.29 is 0 Å². The Labute approximate surface area is 309 Å². The van der Waals surface area contributed by atoms with Gasteiger partial charge in [-0.3, -0.25) is 9.47 Å². The number of para-hydroxylation sites is 4. The molecule has 10 aromatic rings. The first-order valence-corrected chi connectivity index (χ1v) is 18.4. The average molecular weight is 697 g/mol. The Kier molecular flexibility index (Phi) is 6.62. The molecule has 6 nitrogen and oxygen atoms in total. The molecule has 3 aromatic heterocycles. The summed E-state index contributed by atoms with van der Waals surface area (Å²) < 4.78 is 4.73. The molecule has 1 aliphatic heterocycles. The zero-order valence-corrected chi connectivity index (χ0v) is 29.1. The van der Waals surface area contributed by atoms with Gasteiger partial charge in [-0.05, 0) is 60.7 Å². The van der Waals surface area contributed by atoms with Gasteiger partial charge in [0.05, 0.1) is 22.4 Å². The highest BCUT2D eigenvalue weighted by Gasteiger charge is 2.29. The first-order valence-electron chi connectivity index (χ1n) is 17.6. The molecular weight excluding hydrogens is 669 g/mol. The number of rotatable bonds is 4. The van der Waals surface area contributed by atoms with E-state index in [1.54, 1.807) is 11.3 Å². The lowest BCUT2D eigenvalue weighted by Crippen LogP contribution is -2.14. The highest BCUT2D eigenvalue weighted by molar-refractivity contribution is 7.25. The molecule has 7 aromatic carbocycles. The van der Waals surface area contributed by atoms with Gasteiger partial charge in [-0.2, -0.15) is 0 Å². The van der Waals surface area contributed by atoms with Crippen LogP contribution in [0.25, 0.3) is 82.2 Å². The van der Waals surface area contributed by atoms with E-state index in [4.69, 9.17) is 19.9 Å². The van der Waals surface area contributed by atoms with Crippen molar-refractivity contribution >= 4 is 59.9 Å². The van der Waals surface area contributed by atoms with Gasteiger partial charge in [0.2, 0.25) is 5.95 Å². The van der Waals surface area contributed by atoms with E-state index in [0.29, 0.717) is 17.5 Å². The Hall–Kier alpha value is -6.96. The highest BCUT2D eigenvalue weighted by atomic mass is 32.1. The molecule has 53 heavy (non-hydrogen) atoms. The Bertz CT molecular complexity index is 3020. The van der Waals surface area contributed by atoms with Gasteiger partial charge in [0, 0.05) is 53.7 Å². The summed E-state index contributed by atoms with van der Waals surface area (Å²) in [6.07, 6.45) is 0. The van der Waals surface area contributed by atoms with Crippen LogP contribution in [0, 0.1) is 0 Å². The standard InChI is InChI=1S/C46H28N6S/c1-2-13-29(14-3-1)43-48-44(50-45(49-43)35-18-12-24-41-42(35)34-17-6-11-23-40(34)53-41)30-25-27-31(28-26-30)51-37-20-8-4-15-32(37)33-16-5-9-21-38(33)52-39-22-10-7-19-36(39)47-46(51)52/h1-28H. The van der Waals surface area contributed by atoms with Crippen molar-refractivity contribution in [1.82, 2.24) is 24.5 Å². The summed E-state index contributed by atoms with van der Waals surface area (Å²) in [6, 6.07) is 59.1. The number of aromatic nitrogens is 5.